The number of ether oxygens (including phenoxy) is 1. The molecule has 1 spiro atoms. The summed E-state index contributed by atoms with van der Waals surface area (Å²) in [7, 11) is 0. The van der Waals surface area contributed by atoms with Crippen molar-refractivity contribution in [2.45, 2.75) is 44.4 Å². The lowest BCUT2D eigenvalue weighted by Crippen LogP contribution is -2.58. The van der Waals surface area contributed by atoms with Crippen LogP contribution in [0.25, 0.3) is 0 Å². The third-order valence-corrected chi connectivity index (χ3v) is 5.49. The molecule has 0 aromatic heterocycles. The number of nitrogens with zero attached hydrogens (tertiary/aromatic N) is 3. The van der Waals surface area contributed by atoms with Crippen LogP contribution in [0.15, 0.2) is 58.5 Å². The molecular formula is C21H24ClN5O. The van der Waals surface area contributed by atoms with Gasteiger partial charge in [0.2, 0.25) is 11.9 Å². The van der Waals surface area contributed by atoms with Crippen molar-refractivity contribution in [3.63, 3.8) is 0 Å². The first-order chi connectivity index (χ1) is 13.6. The van der Waals surface area contributed by atoms with Crippen molar-refractivity contribution in [3.05, 3.63) is 59.1 Å². The normalized spacial score (nSPS) is 18.5. The molecule has 4 rings (SSSR count). The molecule has 6 nitrogen and oxygen atoms in total. The van der Waals surface area contributed by atoms with E-state index in [4.69, 9.17) is 32.8 Å². The van der Waals surface area contributed by atoms with Crippen molar-refractivity contribution in [2.75, 3.05) is 4.90 Å². The van der Waals surface area contributed by atoms with E-state index in [1.165, 1.54) is 6.42 Å². The van der Waals surface area contributed by atoms with E-state index in [0.717, 1.165) is 42.7 Å². The maximum absolute atomic E-state index is 6.31. The fourth-order valence-electron chi connectivity index (χ4n) is 3.98. The van der Waals surface area contributed by atoms with Crippen molar-refractivity contribution in [1.29, 1.82) is 0 Å². The number of nitrogens with two attached hydrogens (primary N) is 2. The van der Waals surface area contributed by atoms with Crippen LogP contribution in [-0.4, -0.2) is 17.6 Å². The van der Waals surface area contributed by atoms with Gasteiger partial charge in [-0.05, 0) is 67.6 Å². The summed E-state index contributed by atoms with van der Waals surface area (Å²) in [5, 5.41) is 0.687. The minimum absolute atomic E-state index is 0.262. The van der Waals surface area contributed by atoms with Crippen LogP contribution >= 0.6 is 11.6 Å². The molecule has 2 aromatic carbocycles. The van der Waals surface area contributed by atoms with Crippen molar-refractivity contribution < 1.29 is 4.74 Å². The first kappa shape index (κ1) is 18.6. The molecular weight excluding hydrogens is 374 g/mol. The molecule has 28 heavy (non-hydrogen) atoms. The maximum Gasteiger partial charge on any atom is 0.220 e. The van der Waals surface area contributed by atoms with Crippen molar-refractivity contribution in [1.82, 2.24) is 0 Å². The van der Waals surface area contributed by atoms with Gasteiger partial charge in [-0.1, -0.05) is 30.2 Å². The highest BCUT2D eigenvalue weighted by Gasteiger charge is 2.42. The standard InChI is InChI=1S/C21H24ClN5O/c22-16-7-9-18(10-8-16)28-14-15-5-4-6-17(13-15)27-20(24)25-19(23)26-21(27)11-2-1-3-12-21/h4-10,13H,1-3,11-12,14H2,(H4,23,24,25,26). The summed E-state index contributed by atoms with van der Waals surface area (Å²) in [5.74, 6) is 1.43. The number of halogens is 1. The van der Waals surface area contributed by atoms with Gasteiger partial charge in [0.1, 0.15) is 18.0 Å². The molecule has 2 aromatic rings. The van der Waals surface area contributed by atoms with Gasteiger partial charge in [0.25, 0.3) is 0 Å². The van der Waals surface area contributed by atoms with Gasteiger partial charge in [-0.2, -0.15) is 4.99 Å². The average Bonchev–Trinajstić information content (AvgIpc) is 2.68. The fraction of sp³-hybridized carbons (Fsp3) is 0.333. The molecule has 0 radical (unpaired) electrons. The summed E-state index contributed by atoms with van der Waals surface area (Å²) in [4.78, 5) is 11.0. The zero-order valence-corrected chi connectivity index (χ0v) is 16.4. The van der Waals surface area contributed by atoms with Gasteiger partial charge < -0.3 is 16.2 Å². The molecule has 0 atom stereocenters. The van der Waals surface area contributed by atoms with Gasteiger partial charge in [-0.3, -0.25) is 4.90 Å². The van der Waals surface area contributed by atoms with Gasteiger partial charge in [0.15, 0.2) is 0 Å². The van der Waals surface area contributed by atoms with Gasteiger partial charge in [-0.25, -0.2) is 4.99 Å². The third kappa shape index (κ3) is 3.78. The van der Waals surface area contributed by atoms with E-state index in [1.807, 2.05) is 47.4 Å². The number of aliphatic imine (C=N–C) groups is 2. The molecule has 1 saturated carbocycles. The van der Waals surface area contributed by atoms with Gasteiger partial charge in [0.05, 0.1) is 0 Å². The van der Waals surface area contributed by atoms with E-state index in [1.54, 1.807) is 0 Å². The number of guanidine groups is 2. The Balaban J connectivity index is 1.58. The van der Waals surface area contributed by atoms with E-state index in [-0.39, 0.29) is 5.96 Å². The number of rotatable bonds is 4. The Kier molecular flexibility index (Phi) is 5.13. The highest BCUT2D eigenvalue weighted by atomic mass is 35.5. The maximum atomic E-state index is 6.31. The van der Waals surface area contributed by atoms with Gasteiger partial charge in [-0.15, -0.1) is 0 Å². The number of anilines is 1. The van der Waals surface area contributed by atoms with Crippen molar-refractivity contribution in [3.8, 4) is 5.75 Å². The highest BCUT2D eigenvalue weighted by molar-refractivity contribution is 6.30. The first-order valence-electron chi connectivity index (χ1n) is 9.53. The third-order valence-electron chi connectivity index (χ3n) is 5.24. The molecule has 7 heteroatoms. The minimum atomic E-state index is -0.441. The second-order valence-corrected chi connectivity index (χ2v) is 7.67. The summed E-state index contributed by atoms with van der Waals surface area (Å²) in [6, 6.07) is 15.5. The molecule has 0 amide bonds. The van der Waals surface area contributed by atoms with E-state index < -0.39 is 5.66 Å². The van der Waals surface area contributed by atoms with Crippen LogP contribution in [0.5, 0.6) is 5.75 Å². The molecule has 1 aliphatic carbocycles. The molecule has 1 heterocycles. The smallest absolute Gasteiger partial charge is 0.220 e. The fourth-order valence-corrected chi connectivity index (χ4v) is 4.10. The Hall–Kier alpha value is -2.73. The number of hydrogen-bond acceptors (Lipinski definition) is 6. The largest absolute Gasteiger partial charge is 0.489 e. The predicted molar refractivity (Wildman–Crippen MR) is 114 cm³/mol. The lowest BCUT2D eigenvalue weighted by Gasteiger charge is -2.45. The van der Waals surface area contributed by atoms with E-state index in [9.17, 15) is 0 Å². The second-order valence-electron chi connectivity index (χ2n) is 7.23. The Bertz CT molecular complexity index is 903. The first-order valence-corrected chi connectivity index (χ1v) is 9.91. The van der Waals surface area contributed by atoms with Crippen LogP contribution in [0, 0.1) is 0 Å². The van der Waals surface area contributed by atoms with Crippen molar-refractivity contribution >= 4 is 29.2 Å². The summed E-state index contributed by atoms with van der Waals surface area (Å²) >= 11 is 5.93. The molecule has 0 unspecified atom stereocenters. The molecule has 1 fully saturated rings. The SMILES string of the molecule is NC1=NC2(CCCCC2)N(c2cccc(COc3ccc(Cl)cc3)c2)C(N)=N1. The molecule has 0 bridgehead atoms. The second kappa shape index (κ2) is 7.72. The Morgan fingerprint density at radius 3 is 2.54 bits per heavy atom. The van der Waals surface area contributed by atoms with E-state index in [2.05, 4.69) is 11.1 Å². The molecule has 1 aliphatic heterocycles. The summed E-state index contributed by atoms with van der Waals surface area (Å²) < 4.78 is 5.88. The molecule has 0 saturated heterocycles. The monoisotopic (exact) mass is 397 g/mol. The van der Waals surface area contributed by atoms with Gasteiger partial charge in [0, 0.05) is 10.7 Å². The molecule has 4 N–H and O–H groups in total. The van der Waals surface area contributed by atoms with Crippen LogP contribution in [0.1, 0.15) is 37.7 Å². The average molecular weight is 398 g/mol. The number of hydrogen-bond donors (Lipinski definition) is 2. The summed E-state index contributed by atoms with van der Waals surface area (Å²) in [5.41, 5.74) is 13.8. The van der Waals surface area contributed by atoms with Crippen LogP contribution < -0.4 is 21.1 Å². The Morgan fingerprint density at radius 1 is 1.04 bits per heavy atom. The Labute approximate surface area is 169 Å². The zero-order valence-electron chi connectivity index (χ0n) is 15.6. The van der Waals surface area contributed by atoms with E-state index in [0.29, 0.717) is 17.6 Å². The topological polar surface area (TPSA) is 89.2 Å². The van der Waals surface area contributed by atoms with E-state index >= 15 is 0 Å². The quantitative estimate of drug-likeness (QED) is 0.815. The van der Waals surface area contributed by atoms with Crippen LogP contribution in [0.3, 0.4) is 0 Å². The van der Waals surface area contributed by atoms with Crippen LogP contribution in [0.2, 0.25) is 5.02 Å². The zero-order chi connectivity index (χ0) is 19.6. The van der Waals surface area contributed by atoms with Crippen LogP contribution in [0.4, 0.5) is 5.69 Å². The highest BCUT2D eigenvalue weighted by Crippen LogP contribution is 2.39. The summed E-state index contributed by atoms with van der Waals surface area (Å²) in [6.45, 7) is 0.443. The number of benzene rings is 2. The minimum Gasteiger partial charge on any atom is -0.489 e. The molecule has 2 aliphatic rings. The predicted octanol–water partition coefficient (Wildman–Crippen LogP) is 4.03. The summed E-state index contributed by atoms with van der Waals surface area (Å²) in [6.07, 6.45) is 5.22. The Morgan fingerprint density at radius 2 is 1.79 bits per heavy atom. The lowest BCUT2D eigenvalue weighted by atomic mass is 9.87. The lowest BCUT2D eigenvalue weighted by molar-refractivity contribution is 0.302. The van der Waals surface area contributed by atoms with Crippen LogP contribution in [-0.2, 0) is 6.61 Å². The molecule has 146 valence electrons. The van der Waals surface area contributed by atoms with Crippen molar-refractivity contribution in [2.24, 2.45) is 21.5 Å². The van der Waals surface area contributed by atoms with Gasteiger partial charge >= 0.3 is 0 Å².